The number of benzene rings is 2. The number of carbonyl (C=O) groups excluding carboxylic acids is 1. The molecule has 118 valence electrons. The third-order valence-corrected chi connectivity index (χ3v) is 3.42. The van der Waals surface area contributed by atoms with Crippen LogP contribution >= 0.6 is 0 Å². The monoisotopic (exact) mass is 308 g/mol. The van der Waals surface area contributed by atoms with E-state index in [1.165, 1.54) is 0 Å². The average Bonchev–Trinajstić information content (AvgIpc) is 2.60. The summed E-state index contributed by atoms with van der Waals surface area (Å²) in [4.78, 5) is 13.9. The highest BCUT2D eigenvalue weighted by Crippen LogP contribution is 2.11. The van der Waals surface area contributed by atoms with Crippen molar-refractivity contribution in [1.82, 2.24) is 5.32 Å². The fourth-order valence-electron chi connectivity index (χ4n) is 2.13. The summed E-state index contributed by atoms with van der Waals surface area (Å²) in [5, 5.41) is 14.3. The van der Waals surface area contributed by atoms with Gasteiger partial charge in [-0.1, -0.05) is 18.2 Å². The van der Waals surface area contributed by atoms with Crippen molar-refractivity contribution in [1.29, 1.82) is 5.26 Å². The Bertz CT molecular complexity index is 662. The lowest BCUT2D eigenvalue weighted by atomic mass is 10.2. The second-order valence-electron chi connectivity index (χ2n) is 5.18. The number of nitrogens with zero attached hydrogens (tertiary/aromatic N) is 2. The Morgan fingerprint density at radius 3 is 2.48 bits per heavy atom. The summed E-state index contributed by atoms with van der Waals surface area (Å²) in [7, 11) is 2.03. The Hall–Kier alpha value is -3.00. The van der Waals surface area contributed by atoms with Crippen LogP contribution in [0.15, 0.2) is 54.6 Å². The van der Waals surface area contributed by atoms with Gasteiger partial charge in [-0.3, -0.25) is 0 Å². The third-order valence-electron chi connectivity index (χ3n) is 3.42. The van der Waals surface area contributed by atoms with Gasteiger partial charge in [0.1, 0.15) is 0 Å². The van der Waals surface area contributed by atoms with Gasteiger partial charge in [0.05, 0.1) is 11.6 Å². The Kier molecular flexibility index (Phi) is 6.01. The molecule has 5 nitrogen and oxygen atoms in total. The van der Waals surface area contributed by atoms with E-state index in [2.05, 4.69) is 27.7 Å². The summed E-state index contributed by atoms with van der Waals surface area (Å²) < 4.78 is 0. The molecule has 0 unspecified atom stereocenters. The highest BCUT2D eigenvalue weighted by Gasteiger charge is 2.03. The number of rotatable bonds is 6. The van der Waals surface area contributed by atoms with E-state index >= 15 is 0 Å². The van der Waals surface area contributed by atoms with Crippen molar-refractivity contribution >= 4 is 17.4 Å². The van der Waals surface area contributed by atoms with Crippen molar-refractivity contribution in [2.45, 2.75) is 6.42 Å². The van der Waals surface area contributed by atoms with Crippen LogP contribution in [-0.4, -0.2) is 26.2 Å². The van der Waals surface area contributed by atoms with Crippen LogP contribution in [0.2, 0.25) is 0 Å². The molecule has 2 amide bonds. The number of carbonyl (C=O) groups is 1. The first-order chi connectivity index (χ1) is 11.2. The molecule has 0 fully saturated rings. The Morgan fingerprint density at radius 1 is 1.13 bits per heavy atom. The fraction of sp³-hybridized carbons (Fsp3) is 0.222. The SMILES string of the molecule is CN(CCCNC(=O)Nc1ccc(C#N)cc1)c1ccccc1. The molecule has 0 heterocycles. The van der Waals surface area contributed by atoms with Crippen LogP contribution in [0.4, 0.5) is 16.2 Å². The number of urea groups is 1. The molecule has 2 N–H and O–H groups in total. The van der Waals surface area contributed by atoms with Crippen molar-refractivity contribution in [3.63, 3.8) is 0 Å². The first kappa shape index (κ1) is 16.4. The molecule has 0 bridgehead atoms. The molecule has 0 radical (unpaired) electrons. The molecule has 0 saturated carbocycles. The minimum absolute atomic E-state index is 0.239. The molecule has 0 aromatic heterocycles. The Labute approximate surface area is 136 Å². The van der Waals surface area contributed by atoms with Crippen molar-refractivity contribution in [2.75, 3.05) is 30.4 Å². The zero-order valence-corrected chi connectivity index (χ0v) is 13.1. The molecule has 0 saturated heterocycles. The lowest BCUT2D eigenvalue weighted by Gasteiger charge is -2.19. The van der Waals surface area contributed by atoms with Gasteiger partial charge in [-0.2, -0.15) is 5.26 Å². The molecule has 23 heavy (non-hydrogen) atoms. The van der Waals surface area contributed by atoms with Crippen LogP contribution in [0, 0.1) is 11.3 Å². The standard InChI is InChI=1S/C18H20N4O/c1-22(17-6-3-2-4-7-17)13-5-12-20-18(23)21-16-10-8-15(14-19)9-11-16/h2-4,6-11H,5,12-13H2,1H3,(H2,20,21,23). The summed E-state index contributed by atoms with van der Waals surface area (Å²) in [6.07, 6.45) is 0.853. The molecule has 0 spiro atoms. The minimum atomic E-state index is -0.239. The molecule has 2 rings (SSSR count). The second kappa shape index (κ2) is 8.44. The van der Waals surface area contributed by atoms with Gasteiger partial charge in [0.15, 0.2) is 0 Å². The van der Waals surface area contributed by atoms with E-state index < -0.39 is 0 Å². The summed E-state index contributed by atoms with van der Waals surface area (Å²) >= 11 is 0. The Morgan fingerprint density at radius 2 is 1.83 bits per heavy atom. The molecule has 0 aliphatic heterocycles. The second-order valence-corrected chi connectivity index (χ2v) is 5.18. The predicted molar refractivity (Wildman–Crippen MR) is 92.5 cm³/mol. The molecule has 2 aromatic rings. The van der Waals surface area contributed by atoms with E-state index in [0.717, 1.165) is 18.7 Å². The van der Waals surface area contributed by atoms with Crippen molar-refractivity contribution in [3.8, 4) is 6.07 Å². The van der Waals surface area contributed by atoms with Crippen LogP contribution in [0.5, 0.6) is 0 Å². The number of nitriles is 1. The van der Waals surface area contributed by atoms with E-state index in [4.69, 9.17) is 5.26 Å². The van der Waals surface area contributed by atoms with Crippen LogP contribution in [0.1, 0.15) is 12.0 Å². The fourth-order valence-corrected chi connectivity index (χ4v) is 2.13. The zero-order valence-electron chi connectivity index (χ0n) is 13.1. The van der Waals surface area contributed by atoms with Crippen LogP contribution < -0.4 is 15.5 Å². The number of nitrogens with one attached hydrogen (secondary N) is 2. The molecule has 0 aliphatic rings. The van der Waals surface area contributed by atoms with Gasteiger partial charge in [-0.15, -0.1) is 0 Å². The van der Waals surface area contributed by atoms with E-state index in [0.29, 0.717) is 17.8 Å². The van der Waals surface area contributed by atoms with Crippen LogP contribution in [0.25, 0.3) is 0 Å². The van der Waals surface area contributed by atoms with Crippen LogP contribution in [-0.2, 0) is 0 Å². The van der Waals surface area contributed by atoms with Crippen molar-refractivity contribution in [2.24, 2.45) is 0 Å². The highest BCUT2D eigenvalue weighted by atomic mass is 16.2. The van der Waals surface area contributed by atoms with E-state index in [1.54, 1.807) is 24.3 Å². The van der Waals surface area contributed by atoms with Gasteiger partial charge in [-0.25, -0.2) is 4.79 Å². The molecule has 0 aliphatic carbocycles. The largest absolute Gasteiger partial charge is 0.375 e. The van der Waals surface area contributed by atoms with Gasteiger partial charge in [0, 0.05) is 31.5 Å². The van der Waals surface area contributed by atoms with Gasteiger partial charge in [0.25, 0.3) is 0 Å². The lowest BCUT2D eigenvalue weighted by Crippen LogP contribution is -2.31. The normalized spacial score (nSPS) is 9.74. The van der Waals surface area contributed by atoms with Crippen LogP contribution in [0.3, 0.4) is 0 Å². The van der Waals surface area contributed by atoms with E-state index in [9.17, 15) is 4.79 Å². The van der Waals surface area contributed by atoms with Crippen molar-refractivity contribution < 1.29 is 4.79 Å². The minimum Gasteiger partial charge on any atom is -0.375 e. The molecular weight excluding hydrogens is 288 g/mol. The number of para-hydroxylation sites is 1. The van der Waals surface area contributed by atoms with Gasteiger partial charge in [0.2, 0.25) is 0 Å². The molecule has 2 aromatic carbocycles. The number of anilines is 2. The predicted octanol–water partition coefficient (Wildman–Crippen LogP) is 3.21. The van der Waals surface area contributed by atoms with Gasteiger partial charge < -0.3 is 15.5 Å². The summed E-state index contributed by atoms with van der Waals surface area (Å²) in [5.74, 6) is 0. The summed E-state index contributed by atoms with van der Waals surface area (Å²) in [6, 6.07) is 18.7. The molecule has 5 heteroatoms. The van der Waals surface area contributed by atoms with E-state index in [-0.39, 0.29) is 6.03 Å². The van der Waals surface area contributed by atoms with Crippen molar-refractivity contribution in [3.05, 3.63) is 60.2 Å². The maximum Gasteiger partial charge on any atom is 0.319 e. The first-order valence-corrected chi connectivity index (χ1v) is 7.50. The molecular formula is C18H20N4O. The first-order valence-electron chi connectivity index (χ1n) is 7.50. The number of amides is 2. The van der Waals surface area contributed by atoms with Gasteiger partial charge in [-0.05, 0) is 42.8 Å². The molecule has 0 atom stereocenters. The maximum atomic E-state index is 11.8. The number of hydrogen-bond acceptors (Lipinski definition) is 3. The highest BCUT2D eigenvalue weighted by molar-refractivity contribution is 5.89. The smallest absolute Gasteiger partial charge is 0.319 e. The topological polar surface area (TPSA) is 68.2 Å². The van der Waals surface area contributed by atoms with E-state index in [1.807, 2.05) is 31.3 Å². The summed E-state index contributed by atoms with van der Waals surface area (Å²) in [6.45, 7) is 1.46. The lowest BCUT2D eigenvalue weighted by molar-refractivity contribution is 0.252. The zero-order chi connectivity index (χ0) is 16.5. The van der Waals surface area contributed by atoms with Gasteiger partial charge >= 0.3 is 6.03 Å². The quantitative estimate of drug-likeness (QED) is 0.805. The average molecular weight is 308 g/mol. The third kappa shape index (κ3) is 5.36. The maximum absolute atomic E-state index is 11.8. The number of hydrogen-bond donors (Lipinski definition) is 2. The summed E-state index contributed by atoms with van der Waals surface area (Å²) in [5.41, 5.74) is 2.40. The Balaban J connectivity index is 1.67.